The van der Waals surface area contributed by atoms with E-state index in [1.165, 1.54) is 12.1 Å². The molecule has 0 bridgehead atoms. The number of hydrogen-bond acceptors (Lipinski definition) is 2. The van der Waals surface area contributed by atoms with Crippen molar-refractivity contribution < 1.29 is 9.50 Å². The van der Waals surface area contributed by atoms with Crippen molar-refractivity contribution in [3.63, 3.8) is 0 Å². The van der Waals surface area contributed by atoms with Crippen molar-refractivity contribution in [2.45, 2.75) is 6.92 Å². The Kier molecular flexibility index (Phi) is 8.79. The number of aliphatic hydroxyl groups is 1. The number of benzene rings is 2. The van der Waals surface area contributed by atoms with E-state index in [4.69, 9.17) is 10.4 Å². The summed E-state index contributed by atoms with van der Waals surface area (Å²) in [6.07, 6.45) is 0. The average Bonchev–Trinajstić information content (AvgIpc) is 2.42. The predicted octanol–water partition coefficient (Wildman–Crippen LogP) is 3.30. The van der Waals surface area contributed by atoms with E-state index >= 15 is 0 Å². The molecule has 1 N–H and O–H groups in total. The van der Waals surface area contributed by atoms with Crippen molar-refractivity contribution in [3.8, 4) is 6.07 Å². The highest BCUT2D eigenvalue weighted by atomic mass is 19.1. The summed E-state index contributed by atoms with van der Waals surface area (Å²) >= 11 is 0. The second kappa shape index (κ2) is 10.0. The minimum Gasteiger partial charge on any atom is -0.400 e. The standard InChI is InChI=1S/C7H7F.C7H5N.CH4O/c1-6-3-2-4-7(8)5-6;8-6-7-4-2-1-3-5-7;1-2/h2-5H,1H3;1-5H;2H,1H3. The van der Waals surface area contributed by atoms with Crippen molar-refractivity contribution in [1.29, 1.82) is 5.26 Å². The van der Waals surface area contributed by atoms with E-state index in [0.29, 0.717) is 5.56 Å². The molecule has 0 saturated carbocycles. The number of hydrogen-bond donors (Lipinski definition) is 1. The van der Waals surface area contributed by atoms with Crippen LogP contribution in [0.1, 0.15) is 11.1 Å². The Morgan fingerprint density at radius 2 is 1.61 bits per heavy atom. The molecule has 2 aromatic carbocycles. The Bertz CT molecular complexity index is 460. The van der Waals surface area contributed by atoms with Crippen molar-refractivity contribution in [2.75, 3.05) is 7.11 Å². The smallest absolute Gasteiger partial charge is 0.123 e. The Balaban J connectivity index is 0.000000283. The summed E-state index contributed by atoms with van der Waals surface area (Å²) in [5.41, 5.74) is 1.68. The molecule has 0 heterocycles. The summed E-state index contributed by atoms with van der Waals surface area (Å²) < 4.78 is 12.2. The largest absolute Gasteiger partial charge is 0.400 e. The second-order valence-electron chi connectivity index (χ2n) is 3.28. The first-order chi connectivity index (χ1) is 8.72. The Morgan fingerprint density at radius 3 is 1.94 bits per heavy atom. The lowest BCUT2D eigenvalue weighted by Crippen LogP contribution is -1.72. The van der Waals surface area contributed by atoms with Crippen LogP contribution in [0, 0.1) is 24.1 Å². The lowest BCUT2D eigenvalue weighted by atomic mass is 10.2. The summed E-state index contributed by atoms with van der Waals surface area (Å²) in [6.45, 7) is 1.86. The molecule has 0 fully saturated rings. The van der Waals surface area contributed by atoms with Gasteiger partial charge < -0.3 is 5.11 Å². The molecule has 2 nitrogen and oxygen atoms in total. The third-order valence-electron chi connectivity index (χ3n) is 1.88. The molecule has 0 aliphatic heterocycles. The fraction of sp³-hybridized carbons (Fsp3) is 0.133. The van der Waals surface area contributed by atoms with Crippen LogP contribution in [0.4, 0.5) is 4.39 Å². The lowest BCUT2D eigenvalue weighted by Gasteiger charge is -1.87. The number of nitriles is 1. The number of aryl methyl sites for hydroxylation is 1. The summed E-state index contributed by atoms with van der Waals surface area (Å²) in [7, 11) is 1.00. The van der Waals surface area contributed by atoms with Gasteiger partial charge in [0.05, 0.1) is 11.6 Å². The second-order valence-corrected chi connectivity index (χ2v) is 3.28. The van der Waals surface area contributed by atoms with Crippen LogP contribution in [0.3, 0.4) is 0 Å². The Morgan fingerprint density at radius 1 is 1.00 bits per heavy atom. The van der Waals surface area contributed by atoms with Crippen LogP contribution in [0.15, 0.2) is 54.6 Å². The minimum atomic E-state index is -0.162. The highest BCUT2D eigenvalue weighted by Gasteiger charge is 1.84. The number of aliphatic hydroxyl groups excluding tert-OH is 1. The molecule has 0 spiro atoms. The van der Waals surface area contributed by atoms with Gasteiger partial charge in [0.2, 0.25) is 0 Å². The fourth-order valence-corrected chi connectivity index (χ4v) is 1.12. The summed E-state index contributed by atoms with van der Waals surface area (Å²) in [6, 6.07) is 17.7. The van der Waals surface area contributed by atoms with Crippen LogP contribution >= 0.6 is 0 Å². The van der Waals surface area contributed by atoms with Crippen LogP contribution in [0.2, 0.25) is 0 Å². The molecule has 0 aromatic heterocycles. The van der Waals surface area contributed by atoms with Crippen LogP contribution in [0.25, 0.3) is 0 Å². The Hall–Kier alpha value is -2.18. The first-order valence-corrected chi connectivity index (χ1v) is 5.34. The van der Waals surface area contributed by atoms with Crippen LogP contribution in [0.5, 0.6) is 0 Å². The van der Waals surface area contributed by atoms with Crippen LogP contribution in [-0.2, 0) is 0 Å². The van der Waals surface area contributed by atoms with Crippen LogP contribution in [-0.4, -0.2) is 12.2 Å². The van der Waals surface area contributed by atoms with E-state index in [2.05, 4.69) is 0 Å². The third-order valence-corrected chi connectivity index (χ3v) is 1.88. The van der Waals surface area contributed by atoms with Crippen molar-refractivity contribution >= 4 is 0 Å². The molecule has 3 heteroatoms. The molecule has 0 saturated heterocycles. The summed E-state index contributed by atoms with van der Waals surface area (Å²) in [5, 5.41) is 15.3. The molecule has 2 aromatic rings. The predicted molar refractivity (Wildman–Crippen MR) is 70.4 cm³/mol. The van der Waals surface area contributed by atoms with Gasteiger partial charge in [0.25, 0.3) is 0 Å². The maximum Gasteiger partial charge on any atom is 0.123 e. The van der Waals surface area contributed by atoms with E-state index in [9.17, 15) is 4.39 Å². The number of rotatable bonds is 0. The third kappa shape index (κ3) is 7.15. The minimum absolute atomic E-state index is 0.162. The van der Waals surface area contributed by atoms with Crippen molar-refractivity contribution in [1.82, 2.24) is 0 Å². The fourth-order valence-electron chi connectivity index (χ4n) is 1.12. The highest BCUT2D eigenvalue weighted by molar-refractivity contribution is 5.27. The molecule has 0 radical (unpaired) electrons. The highest BCUT2D eigenvalue weighted by Crippen LogP contribution is 1.99. The van der Waals surface area contributed by atoms with E-state index in [-0.39, 0.29) is 5.82 Å². The lowest BCUT2D eigenvalue weighted by molar-refractivity contribution is 0.399. The average molecular weight is 245 g/mol. The van der Waals surface area contributed by atoms with E-state index in [0.717, 1.165) is 12.7 Å². The molecule has 94 valence electrons. The maximum atomic E-state index is 12.2. The zero-order valence-electron chi connectivity index (χ0n) is 10.5. The topological polar surface area (TPSA) is 44.0 Å². The molecule has 0 aliphatic carbocycles. The van der Waals surface area contributed by atoms with Gasteiger partial charge in [0, 0.05) is 7.11 Å². The van der Waals surface area contributed by atoms with Gasteiger partial charge in [0.15, 0.2) is 0 Å². The SMILES string of the molecule is CO.Cc1cccc(F)c1.N#Cc1ccccc1. The van der Waals surface area contributed by atoms with Gasteiger partial charge in [-0.25, -0.2) is 4.39 Å². The van der Waals surface area contributed by atoms with Gasteiger partial charge in [-0.3, -0.25) is 0 Å². The van der Waals surface area contributed by atoms with Crippen LogP contribution < -0.4 is 0 Å². The van der Waals surface area contributed by atoms with E-state index in [1.807, 2.05) is 37.3 Å². The maximum absolute atomic E-state index is 12.2. The van der Waals surface area contributed by atoms with Gasteiger partial charge in [-0.05, 0) is 36.8 Å². The number of nitrogens with zero attached hydrogens (tertiary/aromatic N) is 1. The van der Waals surface area contributed by atoms with Gasteiger partial charge in [-0.15, -0.1) is 0 Å². The molecule has 0 unspecified atom stereocenters. The normalized spacial score (nSPS) is 7.94. The van der Waals surface area contributed by atoms with E-state index < -0.39 is 0 Å². The van der Waals surface area contributed by atoms with E-state index in [1.54, 1.807) is 18.2 Å². The van der Waals surface area contributed by atoms with Crippen molar-refractivity contribution in [2.24, 2.45) is 0 Å². The molecule has 2 rings (SSSR count). The first kappa shape index (κ1) is 15.8. The summed E-state index contributed by atoms with van der Waals surface area (Å²) in [5.74, 6) is -0.162. The monoisotopic (exact) mass is 245 g/mol. The van der Waals surface area contributed by atoms with Gasteiger partial charge in [-0.1, -0.05) is 30.3 Å². The van der Waals surface area contributed by atoms with Gasteiger partial charge in [-0.2, -0.15) is 5.26 Å². The Labute approximate surface area is 107 Å². The molecular weight excluding hydrogens is 229 g/mol. The molecular formula is C15H16FNO. The quantitative estimate of drug-likeness (QED) is 0.774. The molecule has 18 heavy (non-hydrogen) atoms. The molecule has 0 amide bonds. The van der Waals surface area contributed by atoms with Gasteiger partial charge in [0.1, 0.15) is 5.82 Å². The van der Waals surface area contributed by atoms with Gasteiger partial charge >= 0.3 is 0 Å². The summed E-state index contributed by atoms with van der Waals surface area (Å²) in [4.78, 5) is 0. The molecule has 0 atom stereocenters. The first-order valence-electron chi connectivity index (χ1n) is 5.34. The zero-order valence-corrected chi connectivity index (χ0v) is 10.5. The zero-order chi connectivity index (χ0) is 13.8. The van der Waals surface area contributed by atoms with Crippen molar-refractivity contribution in [3.05, 3.63) is 71.5 Å². The molecule has 0 aliphatic rings. The number of halogens is 1.